The normalized spacial score (nSPS) is 20.3. The highest BCUT2D eigenvalue weighted by atomic mass is 32.2. The summed E-state index contributed by atoms with van der Waals surface area (Å²) >= 11 is 0. The van der Waals surface area contributed by atoms with Crippen LogP contribution in [0.15, 0.2) is 24.3 Å². The van der Waals surface area contributed by atoms with Crippen LogP contribution in [0.25, 0.3) is 0 Å². The summed E-state index contributed by atoms with van der Waals surface area (Å²) in [5.74, 6) is 0. The number of rotatable bonds is 5. The molecule has 1 fully saturated rings. The highest BCUT2D eigenvalue weighted by Crippen LogP contribution is 2.19. The van der Waals surface area contributed by atoms with Gasteiger partial charge in [-0.2, -0.15) is 8.42 Å². The molecule has 0 amide bonds. The molecule has 0 aromatic heterocycles. The number of hydrogen-bond acceptors (Lipinski definition) is 6. The molecule has 0 aliphatic carbocycles. The molecule has 1 aliphatic heterocycles. The summed E-state index contributed by atoms with van der Waals surface area (Å²) in [5, 5.41) is 10.6. The lowest BCUT2D eigenvalue weighted by molar-refractivity contribution is -0.384. The van der Waals surface area contributed by atoms with E-state index in [1.807, 2.05) is 0 Å². The van der Waals surface area contributed by atoms with E-state index in [1.165, 1.54) is 12.1 Å². The van der Waals surface area contributed by atoms with Crippen molar-refractivity contribution in [3.63, 3.8) is 0 Å². The maximum Gasteiger partial charge on any atom is 0.269 e. The Morgan fingerprint density at radius 2 is 2.05 bits per heavy atom. The van der Waals surface area contributed by atoms with Gasteiger partial charge in [-0.3, -0.25) is 19.2 Å². The fourth-order valence-corrected chi connectivity index (χ4v) is 3.12. The quantitative estimate of drug-likeness (QED) is 0.465. The van der Waals surface area contributed by atoms with Gasteiger partial charge < -0.3 is 0 Å². The fourth-order valence-electron chi connectivity index (χ4n) is 2.46. The molecular weight excluding hydrogens is 296 g/mol. The van der Waals surface area contributed by atoms with Gasteiger partial charge in [0.1, 0.15) is 0 Å². The molecule has 116 valence electrons. The molecule has 8 heteroatoms. The van der Waals surface area contributed by atoms with Crippen LogP contribution < -0.4 is 0 Å². The number of non-ortho nitro benzene ring substituents is 1. The summed E-state index contributed by atoms with van der Waals surface area (Å²) in [6.45, 7) is 2.03. The number of benzene rings is 1. The maximum absolute atomic E-state index is 11.2. The van der Waals surface area contributed by atoms with Crippen LogP contribution in [0.3, 0.4) is 0 Å². The minimum absolute atomic E-state index is 0.0654. The van der Waals surface area contributed by atoms with Crippen molar-refractivity contribution in [2.24, 2.45) is 0 Å². The van der Waals surface area contributed by atoms with E-state index in [2.05, 4.69) is 4.90 Å². The Kier molecular flexibility index (Phi) is 4.92. The number of nitrogens with zero attached hydrogens (tertiary/aromatic N) is 2. The Morgan fingerprint density at radius 3 is 2.62 bits per heavy atom. The van der Waals surface area contributed by atoms with Gasteiger partial charge in [0.25, 0.3) is 15.8 Å². The predicted molar refractivity (Wildman–Crippen MR) is 77.3 cm³/mol. The third kappa shape index (κ3) is 5.07. The highest BCUT2D eigenvalue weighted by molar-refractivity contribution is 7.86. The molecule has 1 saturated heterocycles. The highest BCUT2D eigenvalue weighted by Gasteiger charge is 2.23. The van der Waals surface area contributed by atoms with Crippen LogP contribution >= 0.6 is 0 Å². The van der Waals surface area contributed by atoms with Gasteiger partial charge in [-0.15, -0.1) is 0 Å². The number of piperidine rings is 1. The van der Waals surface area contributed by atoms with Gasteiger partial charge in [0, 0.05) is 25.2 Å². The molecule has 7 nitrogen and oxygen atoms in total. The predicted octanol–water partition coefficient (Wildman–Crippen LogP) is 1.54. The van der Waals surface area contributed by atoms with Gasteiger partial charge in [0.15, 0.2) is 0 Å². The van der Waals surface area contributed by atoms with E-state index in [1.54, 1.807) is 12.1 Å². The van der Waals surface area contributed by atoms with Gasteiger partial charge in [-0.25, -0.2) is 0 Å². The monoisotopic (exact) mass is 314 g/mol. The number of nitro groups is 1. The van der Waals surface area contributed by atoms with Crippen molar-refractivity contribution in [3.05, 3.63) is 39.9 Å². The number of nitro benzene ring substituents is 1. The maximum atomic E-state index is 11.2. The molecule has 1 heterocycles. The largest absolute Gasteiger partial charge is 0.296 e. The minimum atomic E-state index is -3.44. The lowest BCUT2D eigenvalue weighted by Gasteiger charge is -2.31. The van der Waals surface area contributed by atoms with E-state index in [9.17, 15) is 18.5 Å². The molecule has 1 aliphatic rings. The molecule has 0 N–H and O–H groups in total. The fraction of sp³-hybridized carbons (Fsp3) is 0.538. The SMILES string of the molecule is CS(=O)(=O)O[C@@H]1CCCN(Cc2ccc([N+](=O)[O-])cc2)C1. The summed E-state index contributed by atoms with van der Waals surface area (Å²) in [6.07, 6.45) is 2.34. The van der Waals surface area contributed by atoms with Gasteiger partial charge in [-0.1, -0.05) is 12.1 Å². The first-order chi connectivity index (χ1) is 9.83. The Bertz CT molecular complexity index is 599. The molecule has 1 aromatic carbocycles. The topological polar surface area (TPSA) is 89.8 Å². The Hall–Kier alpha value is -1.51. The first kappa shape index (κ1) is 15.9. The molecular formula is C13H18N2O5S. The average molecular weight is 314 g/mol. The summed E-state index contributed by atoms with van der Waals surface area (Å²) in [4.78, 5) is 12.3. The zero-order valence-corrected chi connectivity index (χ0v) is 12.6. The van der Waals surface area contributed by atoms with Crippen LogP contribution in [0.4, 0.5) is 5.69 Å². The summed E-state index contributed by atoms with van der Waals surface area (Å²) < 4.78 is 27.4. The zero-order valence-electron chi connectivity index (χ0n) is 11.8. The van der Waals surface area contributed by atoms with Gasteiger partial charge in [0.2, 0.25) is 0 Å². The molecule has 1 aromatic rings. The molecule has 0 bridgehead atoms. The van der Waals surface area contributed by atoms with E-state index in [0.29, 0.717) is 13.1 Å². The van der Waals surface area contributed by atoms with Gasteiger partial charge in [-0.05, 0) is 24.9 Å². The van der Waals surface area contributed by atoms with Crippen LogP contribution in [0, 0.1) is 10.1 Å². The third-order valence-electron chi connectivity index (χ3n) is 3.33. The molecule has 0 spiro atoms. The second kappa shape index (κ2) is 6.50. The van der Waals surface area contributed by atoms with Gasteiger partial charge >= 0.3 is 0 Å². The Labute approximate surface area is 123 Å². The van der Waals surface area contributed by atoms with Crippen molar-refractivity contribution in [3.8, 4) is 0 Å². The molecule has 2 rings (SSSR count). The van der Waals surface area contributed by atoms with Crippen LogP contribution in [0.2, 0.25) is 0 Å². The van der Waals surface area contributed by atoms with Crippen molar-refractivity contribution in [2.45, 2.75) is 25.5 Å². The van der Waals surface area contributed by atoms with E-state index >= 15 is 0 Å². The standard InChI is InChI=1S/C13H18N2O5S/c1-21(18,19)20-13-3-2-8-14(10-13)9-11-4-6-12(7-5-11)15(16)17/h4-7,13H,2-3,8-10H2,1H3/t13-/m1/s1. The first-order valence-corrected chi connectivity index (χ1v) is 8.49. The van der Waals surface area contributed by atoms with E-state index in [0.717, 1.165) is 31.2 Å². The van der Waals surface area contributed by atoms with Crippen molar-refractivity contribution in [2.75, 3.05) is 19.3 Å². The van der Waals surface area contributed by atoms with Crippen LogP contribution in [0.5, 0.6) is 0 Å². The van der Waals surface area contributed by atoms with Crippen molar-refractivity contribution in [1.82, 2.24) is 4.90 Å². The number of likely N-dealkylation sites (tertiary alicyclic amines) is 1. The van der Waals surface area contributed by atoms with Gasteiger partial charge in [0.05, 0.1) is 17.3 Å². The molecule has 21 heavy (non-hydrogen) atoms. The minimum Gasteiger partial charge on any atom is -0.296 e. The Balaban J connectivity index is 1.94. The Morgan fingerprint density at radius 1 is 1.38 bits per heavy atom. The van der Waals surface area contributed by atoms with Crippen molar-refractivity contribution in [1.29, 1.82) is 0 Å². The third-order valence-corrected chi connectivity index (χ3v) is 3.95. The van der Waals surface area contributed by atoms with Crippen molar-refractivity contribution < 1.29 is 17.5 Å². The lowest BCUT2D eigenvalue weighted by atomic mass is 10.1. The summed E-state index contributed by atoms with van der Waals surface area (Å²) in [5.41, 5.74) is 1.02. The number of hydrogen-bond donors (Lipinski definition) is 0. The molecule has 0 saturated carbocycles. The molecule has 0 unspecified atom stereocenters. The zero-order chi connectivity index (χ0) is 15.5. The first-order valence-electron chi connectivity index (χ1n) is 6.67. The van der Waals surface area contributed by atoms with E-state index < -0.39 is 15.0 Å². The summed E-state index contributed by atoms with van der Waals surface area (Å²) in [6, 6.07) is 6.39. The second-order valence-corrected chi connectivity index (χ2v) is 6.82. The van der Waals surface area contributed by atoms with E-state index in [-0.39, 0.29) is 11.8 Å². The average Bonchev–Trinajstić information content (AvgIpc) is 2.37. The molecule has 1 atom stereocenters. The van der Waals surface area contributed by atoms with E-state index in [4.69, 9.17) is 4.18 Å². The van der Waals surface area contributed by atoms with Crippen LogP contribution in [-0.4, -0.2) is 43.7 Å². The lowest BCUT2D eigenvalue weighted by Crippen LogP contribution is -2.39. The van der Waals surface area contributed by atoms with Crippen molar-refractivity contribution >= 4 is 15.8 Å². The van der Waals surface area contributed by atoms with Crippen LogP contribution in [-0.2, 0) is 20.8 Å². The summed E-state index contributed by atoms with van der Waals surface area (Å²) in [7, 11) is -3.44. The van der Waals surface area contributed by atoms with Crippen LogP contribution in [0.1, 0.15) is 18.4 Å². The smallest absolute Gasteiger partial charge is 0.269 e. The second-order valence-electron chi connectivity index (χ2n) is 5.22. The molecule has 0 radical (unpaired) electrons.